The molecule has 236 valence electrons. The highest BCUT2D eigenvalue weighted by Gasteiger charge is 2.58. The molecule has 2 fully saturated rings. The molecule has 2 aliphatic heterocycles. The van der Waals surface area contributed by atoms with E-state index in [2.05, 4.69) is 45.0 Å². The SMILES string of the molecule is CCCN1C(=O)[C@H]2[C@H](CC(CO[Si](c3ccccc3)(c3ccccc3)C(C)(C)C)=C3B(O)O[C@H](c4ccc(CO)o4)C[C@H]32)C1=O. The highest BCUT2D eigenvalue weighted by Crippen LogP contribution is 2.52. The summed E-state index contributed by atoms with van der Waals surface area (Å²) in [6.07, 6.45) is 0.749. The lowest BCUT2D eigenvalue weighted by atomic mass is 9.55. The highest BCUT2D eigenvalue weighted by molar-refractivity contribution is 6.99. The molecule has 3 aromatic rings. The number of allylic oxidation sites excluding steroid dienone is 1. The first-order valence-electron chi connectivity index (χ1n) is 16.0. The van der Waals surface area contributed by atoms with Crippen molar-refractivity contribution < 1.29 is 33.2 Å². The van der Waals surface area contributed by atoms with Crippen molar-refractivity contribution in [2.24, 2.45) is 17.8 Å². The topological polar surface area (TPSA) is 109 Å². The molecule has 1 aromatic heterocycles. The van der Waals surface area contributed by atoms with Gasteiger partial charge < -0.3 is 23.6 Å². The molecule has 0 radical (unpaired) electrons. The summed E-state index contributed by atoms with van der Waals surface area (Å²) in [6, 6.07) is 24.1. The van der Waals surface area contributed by atoms with Gasteiger partial charge in [-0.3, -0.25) is 14.5 Å². The molecule has 1 aliphatic carbocycles. The fourth-order valence-electron chi connectivity index (χ4n) is 7.85. The number of likely N-dealkylation sites (tertiary alicyclic amines) is 1. The van der Waals surface area contributed by atoms with Crippen molar-refractivity contribution in [3.05, 3.63) is 95.4 Å². The Morgan fingerprint density at radius 3 is 2.16 bits per heavy atom. The van der Waals surface area contributed by atoms with Crippen LogP contribution in [0.5, 0.6) is 0 Å². The van der Waals surface area contributed by atoms with E-state index in [1.54, 1.807) is 12.1 Å². The zero-order chi connectivity index (χ0) is 31.9. The van der Waals surface area contributed by atoms with Gasteiger partial charge in [-0.05, 0) is 63.8 Å². The monoisotopic (exact) mass is 627 g/mol. The predicted molar refractivity (Wildman–Crippen MR) is 174 cm³/mol. The van der Waals surface area contributed by atoms with E-state index >= 15 is 0 Å². The lowest BCUT2D eigenvalue weighted by Crippen LogP contribution is -2.66. The molecule has 3 aliphatic rings. The molecule has 4 atom stereocenters. The molecule has 2 aromatic carbocycles. The average Bonchev–Trinajstić information content (AvgIpc) is 3.61. The van der Waals surface area contributed by atoms with E-state index in [0.717, 1.165) is 15.9 Å². The molecule has 45 heavy (non-hydrogen) atoms. The van der Waals surface area contributed by atoms with E-state index < -0.39 is 39.3 Å². The Morgan fingerprint density at radius 1 is 0.956 bits per heavy atom. The number of nitrogens with zero attached hydrogens (tertiary/aromatic N) is 1. The number of rotatable bonds is 9. The Balaban J connectivity index is 1.43. The van der Waals surface area contributed by atoms with Crippen LogP contribution in [0.1, 0.15) is 64.6 Å². The summed E-state index contributed by atoms with van der Waals surface area (Å²) in [4.78, 5) is 29.0. The maximum Gasteiger partial charge on any atom is 0.487 e. The average molecular weight is 628 g/mol. The van der Waals surface area contributed by atoms with Gasteiger partial charge in [-0.15, -0.1) is 0 Å². The van der Waals surface area contributed by atoms with Crippen molar-refractivity contribution in [1.29, 1.82) is 0 Å². The normalized spacial score (nSPS) is 23.9. The smallest absolute Gasteiger partial charge is 0.461 e. The minimum atomic E-state index is -2.93. The van der Waals surface area contributed by atoms with Crippen molar-refractivity contribution in [1.82, 2.24) is 4.90 Å². The van der Waals surface area contributed by atoms with Crippen molar-refractivity contribution in [3.8, 4) is 0 Å². The fraction of sp³-hybridized carbons (Fsp3) is 0.429. The van der Waals surface area contributed by atoms with E-state index in [1.165, 1.54) is 4.90 Å². The molecule has 0 bridgehead atoms. The molecule has 3 heterocycles. The van der Waals surface area contributed by atoms with Crippen LogP contribution in [0.25, 0.3) is 0 Å². The largest absolute Gasteiger partial charge is 0.487 e. The van der Waals surface area contributed by atoms with Gasteiger partial charge in [0.25, 0.3) is 8.32 Å². The number of benzene rings is 2. The number of furan rings is 1. The predicted octanol–water partition coefficient (Wildman–Crippen LogP) is 4.16. The summed E-state index contributed by atoms with van der Waals surface area (Å²) in [6.45, 7) is 8.93. The first-order valence-corrected chi connectivity index (χ1v) is 17.9. The van der Waals surface area contributed by atoms with Crippen LogP contribution < -0.4 is 10.4 Å². The van der Waals surface area contributed by atoms with Crippen LogP contribution in [0, 0.1) is 17.8 Å². The Morgan fingerprint density at radius 2 is 1.60 bits per heavy atom. The van der Waals surface area contributed by atoms with Crippen LogP contribution in [0.2, 0.25) is 5.04 Å². The van der Waals surface area contributed by atoms with Gasteiger partial charge in [-0.25, -0.2) is 0 Å². The van der Waals surface area contributed by atoms with Gasteiger partial charge in [0.2, 0.25) is 11.8 Å². The van der Waals surface area contributed by atoms with Gasteiger partial charge in [-0.1, -0.05) is 88.4 Å². The number of amides is 2. The van der Waals surface area contributed by atoms with Crippen molar-refractivity contribution in [2.75, 3.05) is 13.2 Å². The van der Waals surface area contributed by atoms with E-state index in [1.807, 2.05) is 43.3 Å². The molecule has 2 amide bonds. The Kier molecular flexibility index (Phi) is 8.80. The minimum absolute atomic E-state index is 0.146. The lowest BCUT2D eigenvalue weighted by molar-refractivity contribution is -0.140. The van der Waals surface area contributed by atoms with Crippen LogP contribution in [-0.2, 0) is 25.3 Å². The maximum atomic E-state index is 13.8. The third kappa shape index (κ3) is 5.46. The number of carbonyl (C=O) groups is 2. The third-order valence-corrected chi connectivity index (χ3v) is 14.8. The van der Waals surface area contributed by atoms with Crippen LogP contribution in [0.4, 0.5) is 0 Å². The van der Waals surface area contributed by atoms with Gasteiger partial charge in [0.05, 0.1) is 18.4 Å². The summed E-state index contributed by atoms with van der Waals surface area (Å²) in [5.74, 6) is -0.971. The molecular formula is C35H42BNO7Si. The van der Waals surface area contributed by atoms with E-state index in [0.29, 0.717) is 42.8 Å². The summed E-state index contributed by atoms with van der Waals surface area (Å²) < 4.78 is 19.2. The summed E-state index contributed by atoms with van der Waals surface area (Å²) in [5, 5.41) is 23.2. The molecular weight excluding hydrogens is 585 g/mol. The summed E-state index contributed by atoms with van der Waals surface area (Å²) in [5.41, 5.74) is 1.48. The van der Waals surface area contributed by atoms with Crippen LogP contribution >= 0.6 is 0 Å². The molecule has 6 rings (SSSR count). The maximum absolute atomic E-state index is 13.8. The number of aliphatic hydroxyl groups is 1. The lowest BCUT2D eigenvalue weighted by Gasteiger charge is -2.45. The zero-order valence-corrected chi connectivity index (χ0v) is 27.4. The second-order valence-corrected chi connectivity index (χ2v) is 17.8. The molecule has 2 N–H and O–H groups in total. The first-order chi connectivity index (χ1) is 21.6. The molecule has 2 saturated heterocycles. The first kappa shape index (κ1) is 31.7. The number of aliphatic hydroxyl groups excluding tert-OH is 1. The molecule has 0 unspecified atom stereocenters. The van der Waals surface area contributed by atoms with Crippen LogP contribution in [0.15, 0.2) is 88.3 Å². The van der Waals surface area contributed by atoms with Crippen molar-refractivity contribution in [3.63, 3.8) is 0 Å². The van der Waals surface area contributed by atoms with E-state index in [9.17, 15) is 19.7 Å². The molecule has 8 nitrogen and oxygen atoms in total. The molecule has 0 spiro atoms. The van der Waals surface area contributed by atoms with Crippen LogP contribution in [-0.4, -0.2) is 55.4 Å². The van der Waals surface area contributed by atoms with E-state index in [-0.39, 0.29) is 30.1 Å². The Hall–Kier alpha value is -3.28. The summed E-state index contributed by atoms with van der Waals surface area (Å²) in [7, 11) is -4.22. The number of fused-ring (bicyclic) bond motifs is 3. The van der Waals surface area contributed by atoms with Crippen molar-refractivity contribution >= 4 is 37.6 Å². The van der Waals surface area contributed by atoms with E-state index in [4.69, 9.17) is 13.5 Å². The van der Waals surface area contributed by atoms with Crippen LogP contribution in [0.3, 0.4) is 0 Å². The van der Waals surface area contributed by atoms with Gasteiger partial charge >= 0.3 is 7.12 Å². The third-order valence-electron chi connectivity index (χ3n) is 9.79. The van der Waals surface area contributed by atoms with Gasteiger partial charge in [0.1, 0.15) is 24.2 Å². The number of carbonyl (C=O) groups excluding carboxylic acids is 2. The minimum Gasteiger partial charge on any atom is -0.461 e. The number of hydrogen-bond acceptors (Lipinski definition) is 7. The van der Waals surface area contributed by atoms with Gasteiger partial charge in [-0.2, -0.15) is 0 Å². The number of hydrogen-bond donors (Lipinski definition) is 2. The molecule has 0 saturated carbocycles. The van der Waals surface area contributed by atoms with Gasteiger partial charge in [0.15, 0.2) is 0 Å². The highest BCUT2D eigenvalue weighted by atomic mass is 28.4. The second-order valence-electron chi connectivity index (χ2n) is 13.5. The van der Waals surface area contributed by atoms with Crippen molar-refractivity contribution in [2.45, 2.75) is 64.7 Å². The fourth-order valence-corrected chi connectivity index (χ4v) is 12.4. The Bertz CT molecular complexity index is 1530. The molecule has 10 heteroatoms. The quantitative estimate of drug-likeness (QED) is 0.271. The number of imide groups is 1. The second kappa shape index (κ2) is 12.5. The summed E-state index contributed by atoms with van der Waals surface area (Å²) >= 11 is 0. The van der Waals surface area contributed by atoms with Gasteiger partial charge in [0, 0.05) is 6.54 Å². The standard InChI is InChI=1S/C35H42BNO7Si/c1-5-18-37-33(39)28-19-23(22-42-45(35(2,3)4,25-12-8-6-9-13-25)26-14-10-7-11-15-26)32-27(31(28)34(37)40)20-30(44-36(32)41)29-17-16-24(21-38)43-29/h6-17,27-28,30-31,38,41H,5,18-22H2,1-4H3/t27-,28-,30-,31+/m0/s1. The zero-order valence-electron chi connectivity index (χ0n) is 26.4. The Labute approximate surface area is 266 Å².